The number of aromatic nitrogens is 2. The number of hydrogen-bond donors (Lipinski definition) is 0. The van der Waals surface area contributed by atoms with Crippen LogP contribution in [0, 0.1) is 12.8 Å². The Kier molecular flexibility index (Phi) is 4.33. The first-order valence-corrected chi connectivity index (χ1v) is 7.15. The van der Waals surface area contributed by atoms with Gasteiger partial charge in [0.05, 0.1) is 24.0 Å². The normalized spacial score (nSPS) is 12.9. The van der Waals surface area contributed by atoms with Gasteiger partial charge in [0.1, 0.15) is 11.9 Å². The molecule has 5 heteroatoms. The molecule has 0 aliphatic rings. The Morgan fingerprint density at radius 3 is 2.70 bits per heavy atom. The van der Waals surface area contributed by atoms with Crippen LogP contribution in [-0.4, -0.2) is 22.6 Å². The van der Waals surface area contributed by atoms with Gasteiger partial charge in [0.15, 0.2) is 0 Å². The lowest BCUT2D eigenvalue weighted by Crippen LogP contribution is -2.27. The highest BCUT2D eigenvalue weighted by Gasteiger charge is 2.29. The monoisotopic (exact) mass is 294 g/mol. The van der Waals surface area contributed by atoms with Gasteiger partial charge < -0.3 is 9.30 Å². The lowest BCUT2D eigenvalue weighted by Gasteiger charge is -2.23. The standard InChI is InChI=1S/C15H19ClN2O2/c1-9(2)13(15(19)20-4)18-12(8-16)17-11-7-5-6-10(3)14(11)18/h5-7,9,13H,8H2,1-4H3. The van der Waals surface area contributed by atoms with E-state index in [1.54, 1.807) is 0 Å². The van der Waals surface area contributed by atoms with Crippen LogP contribution in [-0.2, 0) is 15.4 Å². The number of aryl methyl sites for hydroxylation is 1. The number of carbonyl (C=O) groups excluding carboxylic acids is 1. The van der Waals surface area contributed by atoms with E-state index in [-0.39, 0.29) is 17.8 Å². The van der Waals surface area contributed by atoms with Gasteiger partial charge in [0.2, 0.25) is 0 Å². The predicted octanol–water partition coefficient (Wildman–Crippen LogP) is 3.45. The van der Waals surface area contributed by atoms with E-state index in [1.807, 2.05) is 43.5 Å². The molecule has 1 aromatic heterocycles. The third-order valence-electron chi connectivity index (χ3n) is 3.46. The van der Waals surface area contributed by atoms with Crippen LogP contribution in [0.25, 0.3) is 11.0 Å². The Morgan fingerprint density at radius 2 is 2.15 bits per heavy atom. The zero-order chi connectivity index (χ0) is 14.9. The van der Waals surface area contributed by atoms with Crippen molar-refractivity contribution in [1.29, 1.82) is 0 Å². The number of methoxy groups -OCH3 is 1. The minimum atomic E-state index is -0.417. The molecule has 0 spiro atoms. The fourth-order valence-corrected chi connectivity index (χ4v) is 2.75. The average Bonchev–Trinajstić information content (AvgIpc) is 2.78. The molecule has 1 unspecified atom stereocenters. The molecule has 20 heavy (non-hydrogen) atoms. The molecular weight excluding hydrogens is 276 g/mol. The summed E-state index contributed by atoms with van der Waals surface area (Å²) in [4.78, 5) is 16.7. The van der Waals surface area contributed by atoms with Crippen LogP contribution < -0.4 is 0 Å². The Morgan fingerprint density at radius 1 is 1.45 bits per heavy atom. The van der Waals surface area contributed by atoms with E-state index in [1.165, 1.54) is 7.11 Å². The van der Waals surface area contributed by atoms with Crippen LogP contribution in [0.4, 0.5) is 0 Å². The van der Waals surface area contributed by atoms with Crippen LogP contribution >= 0.6 is 11.6 Å². The summed E-state index contributed by atoms with van der Waals surface area (Å²) in [6, 6.07) is 5.48. The van der Waals surface area contributed by atoms with Gasteiger partial charge in [-0.25, -0.2) is 9.78 Å². The minimum Gasteiger partial charge on any atom is -0.467 e. The fraction of sp³-hybridized carbons (Fsp3) is 0.467. The molecule has 1 heterocycles. The number of rotatable bonds is 4. The zero-order valence-corrected chi connectivity index (χ0v) is 12.9. The van der Waals surface area contributed by atoms with E-state index < -0.39 is 6.04 Å². The minimum absolute atomic E-state index is 0.0847. The van der Waals surface area contributed by atoms with Gasteiger partial charge in [-0.1, -0.05) is 26.0 Å². The van der Waals surface area contributed by atoms with E-state index in [0.29, 0.717) is 5.82 Å². The number of halogens is 1. The molecule has 1 aromatic carbocycles. The number of carbonyl (C=O) groups is 1. The van der Waals surface area contributed by atoms with Crippen molar-refractivity contribution in [2.45, 2.75) is 32.7 Å². The Bertz CT molecular complexity index is 634. The summed E-state index contributed by atoms with van der Waals surface area (Å²) >= 11 is 6.02. The van der Waals surface area contributed by atoms with Crippen molar-refractivity contribution in [3.63, 3.8) is 0 Å². The second-order valence-electron chi connectivity index (χ2n) is 5.19. The van der Waals surface area contributed by atoms with Crippen LogP contribution in [0.1, 0.15) is 31.3 Å². The number of esters is 1. The molecule has 0 saturated heterocycles. The first-order valence-electron chi connectivity index (χ1n) is 6.61. The van der Waals surface area contributed by atoms with Gasteiger partial charge in [0.25, 0.3) is 0 Å². The van der Waals surface area contributed by atoms with E-state index >= 15 is 0 Å². The SMILES string of the molecule is COC(=O)C(C(C)C)n1c(CCl)nc2cccc(C)c21. The maximum atomic E-state index is 12.2. The number of benzene rings is 1. The highest BCUT2D eigenvalue weighted by molar-refractivity contribution is 6.17. The molecule has 108 valence electrons. The fourth-order valence-electron chi connectivity index (χ4n) is 2.56. The number of para-hydroxylation sites is 1. The Balaban J connectivity index is 2.75. The second kappa shape index (κ2) is 5.83. The first kappa shape index (κ1) is 14.9. The Labute approximate surface area is 123 Å². The summed E-state index contributed by atoms with van der Waals surface area (Å²) in [5.41, 5.74) is 2.88. The number of hydrogen-bond acceptors (Lipinski definition) is 3. The van der Waals surface area contributed by atoms with Crippen LogP contribution in [0.3, 0.4) is 0 Å². The molecule has 0 fully saturated rings. The number of fused-ring (bicyclic) bond motifs is 1. The average molecular weight is 295 g/mol. The van der Waals surface area contributed by atoms with E-state index in [4.69, 9.17) is 16.3 Å². The molecule has 0 aliphatic carbocycles. The van der Waals surface area contributed by atoms with Gasteiger partial charge in [0, 0.05) is 0 Å². The largest absolute Gasteiger partial charge is 0.467 e. The lowest BCUT2D eigenvalue weighted by molar-refractivity contribution is -0.145. The third kappa shape index (κ3) is 2.40. The number of alkyl halides is 1. The van der Waals surface area contributed by atoms with Crippen molar-refractivity contribution in [2.75, 3.05) is 7.11 Å². The number of imidazole rings is 1. The summed E-state index contributed by atoms with van der Waals surface area (Å²) in [5.74, 6) is 0.768. The van der Waals surface area contributed by atoms with Crippen molar-refractivity contribution < 1.29 is 9.53 Å². The number of ether oxygens (including phenoxy) is 1. The summed E-state index contributed by atoms with van der Waals surface area (Å²) in [7, 11) is 1.41. The molecule has 0 amide bonds. The molecule has 4 nitrogen and oxygen atoms in total. The molecule has 0 radical (unpaired) electrons. The van der Waals surface area contributed by atoms with Crippen LogP contribution in [0.5, 0.6) is 0 Å². The molecule has 0 N–H and O–H groups in total. The quantitative estimate of drug-likeness (QED) is 0.641. The molecule has 0 aliphatic heterocycles. The second-order valence-corrected chi connectivity index (χ2v) is 5.45. The van der Waals surface area contributed by atoms with Gasteiger partial charge in [-0.2, -0.15) is 0 Å². The lowest BCUT2D eigenvalue weighted by atomic mass is 10.0. The summed E-state index contributed by atoms with van der Waals surface area (Å²) in [6.45, 7) is 5.99. The van der Waals surface area contributed by atoms with E-state index in [0.717, 1.165) is 16.6 Å². The van der Waals surface area contributed by atoms with Gasteiger partial charge >= 0.3 is 5.97 Å². The van der Waals surface area contributed by atoms with E-state index in [9.17, 15) is 4.79 Å². The molecule has 0 saturated carbocycles. The van der Waals surface area contributed by atoms with Crippen molar-refractivity contribution in [2.24, 2.45) is 5.92 Å². The van der Waals surface area contributed by atoms with Gasteiger partial charge in [-0.05, 0) is 24.5 Å². The summed E-state index contributed by atoms with van der Waals surface area (Å²) in [5, 5.41) is 0. The molecule has 2 rings (SSSR count). The van der Waals surface area contributed by atoms with Crippen LogP contribution in [0.15, 0.2) is 18.2 Å². The summed E-state index contributed by atoms with van der Waals surface area (Å²) in [6.07, 6.45) is 0. The maximum Gasteiger partial charge on any atom is 0.329 e. The zero-order valence-electron chi connectivity index (χ0n) is 12.2. The van der Waals surface area contributed by atoms with Crippen molar-refractivity contribution >= 4 is 28.6 Å². The predicted molar refractivity (Wildman–Crippen MR) is 79.9 cm³/mol. The maximum absolute atomic E-state index is 12.2. The van der Waals surface area contributed by atoms with Crippen LogP contribution in [0.2, 0.25) is 0 Å². The van der Waals surface area contributed by atoms with Crippen molar-refractivity contribution in [3.8, 4) is 0 Å². The van der Waals surface area contributed by atoms with Gasteiger partial charge in [-0.15, -0.1) is 11.6 Å². The highest BCUT2D eigenvalue weighted by atomic mass is 35.5. The molecule has 0 bridgehead atoms. The third-order valence-corrected chi connectivity index (χ3v) is 3.70. The Hall–Kier alpha value is -1.55. The van der Waals surface area contributed by atoms with E-state index in [2.05, 4.69) is 4.98 Å². The van der Waals surface area contributed by atoms with Gasteiger partial charge in [-0.3, -0.25) is 0 Å². The molecular formula is C15H19ClN2O2. The molecule has 1 atom stereocenters. The van der Waals surface area contributed by atoms with Crippen molar-refractivity contribution in [3.05, 3.63) is 29.6 Å². The first-order chi connectivity index (χ1) is 9.51. The topological polar surface area (TPSA) is 44.1 Å². The summed E-state index contributed by atoms with van der Waals surface area (Å²) < 4.78 is 6.88. The number of nitrogens with zero attached hydrogens (tertiary/aromatic N) is 2. The highest BCUT2D eigenvalue weighted by Crippen LogP contribution is 2.29. The van der Waals surface area contributed by atoms with Crippen molar-refractivity contribution in [1.82, 2.24) is 9.55 Å². The smallest absolute Gasteiger partial charge is 0.329 e. The molecule has 2 aromatic rings.